The van der Waals surface area contributed by atoms with Gasteiger partial charge in [0, 0.05) is 17.8 Å². The highest BCUT2D eigenvalue weighted by Gasteiger charge is 2.11. The quantitative estimate of drug-likeness (QED) is 0.904. The van der Waals surface area contributed by atoms with E-state index in [-0.39, 0.29) is 11.9 Å². The number of hydrogen-bond acceptors (Lipinski definition) is 3. The van der Waals surface area contributed by atoms with Crippen LogP contribution in [-0.4, -0.2) is 11.6 Å². The number of nitrogens with two attached hydrogens (primary N) is 1. The summed E-state index contributed by atoms with van der Waals surface area (Å²) in [6.45, 7) is 4.55. The summed E-state index contributed by atoms with van der Waals surface area (Å²) in [7, 11) is 0. The lowest BCUT2D eigenvalue weighted by Gasteiger charge is -2.14. The van der Waals surface area contributed by atoms with Gasteiger partial charge in [-0.1, -0.05) is 13.0 Å². The normalized spacial score (nSPS) is 12.2. The minimum Gasteiger partial charge on any atom is -0.492 e. The monoisotopic (exact) mass is 274 g/mol. The number of benzene rings is 1. The molecule has 0 spiro atoms. The lowest BCUT2D eigenvalue weighted by Crippen LogP contribution is -2.07. The maximum Gasteiger partial charge on any atom is 0.138 e. The molecule has 0 radical (unpaired) electrons. The fourth-order valence-electron chi connectivity index (χ4n) is 2.04. The second-order valence-electron chi connectivity index (χ2n) is 4.78. The van der Waals surface area contributed by atoms with E-state index in [1.807, 2.05) is 19.9 Å². The number of ether oxygens (including phenoxy) is 1. The smallest absolute Gasteiger partial charge is 0.138 e. The van der Waals surface area contributed by atoms with Crippen molar-refractivity contribution >= 4 is 0 Å². The average Bonchev–Trinajstić information content (AvgIpc) is 2.45. The first-order valence-electron chi connectivity index (χ1n) is 6.75. The van der Waals surface area contributed by atoms with Crippen LogP contribution in [0.25, 0.3) is 11.1 Å². The summed E-state index contributed by atoms with van der Waals surface area (Å²) in [4.78, 5) is 4.16. The Morgan fingerprint density at radius 1 is 1.30 bits per heavy atom. The van der Waals surface area contributed by atoms with Crippen LogP contribution in [0, 0.1) is 5.82 Å². The third kappa shape index (κ3) is 3.33. The van der Waals surface area contributed by atoms with E-state index in [2.05, 4.69) is 4.98 Å². The summed E-state index contributed by atoms with van der Waals surface area (Å²) in [5, 5.41) is 0. The van der Waals surface area contributed by atoms with Gasteiger partial charge in [-0.15, -0.1) is 0 Å². The highest BCUT2D eigenvalue weighted by Crippen LogP contribution is 2.29. The number of halogens is 1. The van der Waals surface area contributed by atoms with Gasteiger partial charge in [0.1, 0.15) is 11.6 Å². The molecule has 1 unspecified atom stereocenters. The molecule has 0 fully saturated rings. The molecule has 2 aromatic rings. The molecular formula is C16H19FN2O. The van der Waals surface area contributed by atoms with Crippen molar-refractivity contribution in [3.63, 3.8) is 0 Å². The van der Waals surface area contributed by atoms with Crippen LogP contribution in [0.1, 0.15) is 31.9 Å². The largest absolute Gasteiger partial charge is 0.492 e. The maximum absolute atomic E-state index is 13.5. The Hall–Kier alpha value is -1.94. The van der Waals surface area contributed by atoms with Crippen molar-refractivity contribution in [1.29, 1.82) is 0 Å². The fourth-order valence-corrected chi connectivity index (χ4v) is 2.04. The first-order valence-corrected chi connectivity index (χ1v) is 6.75. The molecule has 0 amide bonds. The Kier molecular flexibility index (Phi) is 4.69. The molecule has 1 aromatic heterocycles. The zero-order valence-corrected chi connectivity index (χ0v) is 11.8. The van der Waals surface area contributed by atoms with E-state index in [1.54, 1.807) is 18.5 Å². The molecule has 1 heterocycles. The number of pyridine rings is 1. The molecule has 4 heteroatoms. The van der Waals surface area contributed by atoms with Gasteiger partial charge in [-0.25, -0.2) is 4.39 Å². The van der Waals surface area contributed by atoms with E-state index in [9.17, 15) is 4.39 Å². The second-order valence-corrected chi connectivity index (χ2v) is 4.78. The van der Waals surface area contributed by atoms with E-state index < -0.39 is 0 Å². The van der Waals surface area contributed by atoms with Crippen LogP contribution >= 0.6 is 0 Å². The Bertz CT molecular complexity index is 584. The molecule has 0 aliphatic heterocycles. The Morgan fingerprint density at radius 2 is 2.10 bits per heavy atom. The van der Waals surface area contributed by atoms with Crippen LogP contribution in [0.2, 0.25) is 0 Å². The van der Waals surface area contributed by atoms with Gasteiger partial charge in [-0.05, 0) is 42.7 Å². The minimum atomic E-state index is -0.288. The molecular weight excluding hydrogens is 255 g/mol. The van der Waals surface area contributed by atoms with Crippen molar-refractivity contribution in [1.82, 2.24) is 4.98 Å². The molecule has 0 aliphatic rings. The van der Waals surface area contributed by atoms with Crippen molar-refractivity contribution in [2.45, 2.75) is 26.3 Å². The van der Waals surface area contributed by atoms with Gasteiger partial charge in [0.15, 0.2) is 0 Å². The summed E-state index contributed by atoms with van der Waals surface area (Å²) >= 11 is 0. The molecule has 106 valence electrons. The SMILES string of the molecule is CCCOc1cncc(-c2cc(F)ccc2C(C)N)c1. The third-order valence-corrected chi connectivity index (χ3v) is 3.00. The Labute approximate surface area is 118 Å². The number of rotatable bonds is 5. The minimum absolute atomic E-state index is 0.175. The fraction of sp³-hybridized carbons (Fsp3) is 0.312. The van der Waals surface area contributed by atoms with Crippen LogP contribution in [0.3, 0.4) is 0 Å². The van der Waals surface area contributed by atoms with Gasteiger partial charge in [0.2, 0.25) is 0 Å². The number of nitrogens with zero attached hydrogens (tertiary/aromatic N) is 1. The summed E-state index contributed by atoms with van der Waals surface area (Å²) < 4.78 is 19.1. The predicted octanol–water partition coefficient (Wildman–Crippen LogP) is 3.70. The molecule has 2 rings (SSSR count). The van der Waals surface area contributed by atoms with Gasteiger partial charge in [-0.2, -0.15) is 0 Å². The molecule has 20 heavy (non-hydrogen) atoms. The zero-order valence-electron chi connectivity index (χ0n) is 11.8. The van der Waals surface area contributed by atoms with Crippen LogP contribution in [0.4, 0.5) is 4.39 Å². The molecule has 3 nitrogen and oxygen atoms in total. The average molecular weight is 274 g/mol. The lowest BCUT2D eigenvalue weighted by atomic mass is 9.97. The van der Waals surface area contributed by atoms with Crippen LogP contribution in [0.15, 0.2) is 36.7 Å². The highest BCUT2D eigenvalue weighted by molar-refractivity contribution is 5.68. The van der Waals surface area contributed by atoms with Crippen molar-refractivity contribution in [3.05, 3.63) is 48.0 Å². The maximum atomic E-state index is 13.5. The summed E-state index contributed by atoms with van der Waals surface area (Å²) in [5.41, 5.74) is 8.41. The van der Waals surface area contributed by atoms with Gasteiger partial charge in [-0.3, -0.25) is 4.98 Å². The number of aromatic nitrogens is 1. The van der Waals surface area contributed by atoms with Crippen LogP contribution < -0.4 is 10.5 Å². The number of hydrogen-bond donors (Lipinski definition) is 1. The second kappa shape index (κ2) is 6.48. The first kappa shape index (κ1) is 14.5. The van der Waals surface area contributed by atoms with Crippen molar-refractivity contribution in [2.24, 2.45) is 5.73 Å². The Balaban J connectivity index is 2.42. The first-order chi connectivity index (χ1) is 9.61. The van der Waals surface area contributed by atoms with Crippen molar-refractivity contribution < 1.29 is 9.13 Å². The topological polar surface area (TPSA) is 48.1 Å². The molecule has 0 aliphatic carbocycles. The molecule has 2 N–H and O–H groups in total. The Morgan fingerprint density at radius 3 is 2.80 bits per heavy atom. The molecule has 0 bridgehead atoms. The van der Waals surface area contributed by atoms with E-state index in [0.29, 0.717) is 12.4 Å². The predicted molar refractivity (Wildman–Crippen MR) is 78.0 cm³/mol. The molecule has 1 atom stereocenters. The third-order valence-electron chi connectivity index (χ3n) is 3.00. The summed E-state index contributed by atoms with van der Waals surface area (Å²) in [5.74, 6) is 0.397. The molecule has 1 aromatic carbocycles. The van der Waals surface area contributed by atoms with Crippen LogP contribution in [-0.2, 0) is 0 Å². The van der Waals surface area contributed by atoms with Gasteiger partial charge < -0.3 is 10.5 Å². The van der Waals surface area contributed by atoms with E-state index >= 15 is 0 Å². The van der Waals surface area contributed by atoms with E-state index in [1.165, 1.54) is 12.1 Å². The lowest BCUT2D eigenvalue weighted by molar-refractivity contribution is 0.316. The van der Waals surface area contributed by atoms with Crippen molar-refractivity contribution in [2.75, 3.05) is 6.61 Å². The van der Waals surface area contributed by atoms with Gasteiger partial charge >= 0.3 is 0 Å². The van der Waals surface area contributed by atoms with Crippen LogP contribution in [0.5, 0.6) is 5.75 Å². The summed E-state index contributed by atoms with van der Waals surface area (Å²) in [6, 6.07) is 6.32. The van der Waals surface area contributed by atoms with E-state index in [0.717, 1.165) is 23.1 Å². The molecule has 0 saturated carbocycles. The molecule has 0 saturated heterocycles. The standard InChI is InChI=1S/C16H19FN2O/c1-3-6-20-14-7-12(9-19-10-14)16-8-13(17)4-5-15(16)11(2)18/h4-5,7-11H,3,6,18H2,1-2H3. The van der Waals surface area contributed by atoms with Gasteiger partial charge in [0.05, 0.1) is 12.8 Å². The summed E-state index contributed by atoms with van der Waals surface area (Å²) in [6.07, 6.45) is 4.28. The van der Waals surface area contributed by atoms with Crippen molar-refractivity contribution in [3.8, 4) is 16.9 Å². The van der Waals surface area contributed by atoms with Gasteiger partial charge in [0.25, 0.3) is 0 Å². The van der Waals surface area contributed by atoms with E-state index in [4.69, 9.17) is 10.5 Å². The zero-order chi connectivity index (χ0) is 14.5. The highest BCUT2D eigenvalue weighted by atomic mass is 19.1.